The summed E-state index contributed by atoms with van der Waals surface area (Å²) in [5.74, 6) is 0.605. The van der Waals surface area contributed by atoms with Crippen molar-refractivity contribution in [3.8, 4) is 0 Å². The van der Waals surface area contributed by atoms with Crippen LogP contribution in [-0.4, -0.2) is 0 Å². The molecular formula is C14H15I. The van der Waals surface area contributed by atoms with Crippen molar-refractivity contribution in [2.75, 3.05) is 0 Å². The molecule has 0 aromatic heterocycles. The van der Waals surface area contributed by atoms with Crippen molar-refractivity contribution in [3.63, 3.8) is 0 Å². The number of aryl methyl sites for hydroxylation is 1. The Labute approximate surface area is 105 Å². The lowest BCUT2D eigenvalue weighted by atomic mass is 9.98. The quantitative estimate of drug-likeness (QED) is 0.659. The fourth-order valence-electron chi connectivity index (χ4n) is 1.78. The molecule has 0 radical (unpaired) electrons. The Morgan fingerprint density at radius 3 is 2.47 bits per heavy atom. The molecule has 0 nitrogen and oxygen atoms in total. The highest BCUT2D eigenvalue weighted by atomic mass is 127. The molecule has 1 heteroatoms. The second kappa shape index (κ2) is 4.12. The van der Waals surface area contributed by atoms with E-state index in [0.29, 0.717) is 5.92 Å². The summed E-state index contributed by atoms with van der Waals surface area (Å²) in [5, 5.41) is 2.73. The van der Waals surface area contributed by atoms with Gasteiger partial charge in [0.05, 0.1) is 0 Å². The zero-order valence-corrected chi connectivity index (χ0v) is 11.5. The minimum absolute atomic E-state index is 0.605. The number of fused-ring (bicyclic) bond motifs is 1. The zero-order valence-electron chi connectivity index (χ0n) is 9.34. The van der Waals surface area contributed by atoms with Crippen molar-refractivity contribution in [3.05, 3.63) is 45.0 Å². The van der Waals surface area contributed by atoms with Gasteiger partial charge in [0.25, 0.3) is 0 Å². The summed E-state index contributed by atoms with van der Waals surface area (Å²) in [6, 6.07) is 11.2. The zero-order chi connectivity index (χ0) is 11.0. The van der Waals surface area contributed by atoms with E-state index in [2.05, 4.69) is 73.7 Å². The Kier molecular flexibility index (Phi) is 3.01. The van der Waals surface area contributed by atoms with E-state index < -0.39 is 0 Å². The number of halogens is 1. The number of rotatable bonds is 1. The lowest BCUT2D eigenvalue weighted by molar-refractivity contribution is 0.869. The van der Waals surface area contributed by atoms with Crippen molar-refractivity contribution in [1.82, 2.24) is 0 Å². The first-order valence-electron chi connectivity index (χ1n) is 5.28. The van der Waals surface area contributed by atoms with Crippen LogP contribution in [0, 0.1) is 10.5 Å². The van der Waals surface area contributed by atoms with Crippen LogP contribution >= 0.6 is 22.6 Å². The second-order valence-corrected chi connectivity index (χ2v) is 5.41. The standard InChI is InChI=1S/C14H15I/c1-9(2)11-6-7-13-12(8-11)5-4-10(3)14(13)15/h4-9H,1-3H3. The third kappa shape index (κ3) is 2.03. The van der Waals surface area contributed by atoms with Crippen LogP contribution in [0.15, 0.2) is 30.3 Å². The van der Waals surface area contributed by atoms with Crippen LogP contribution in [0.3, 0.4) is 0 Å². The molecule has 78 valence electrons. The number of hydrogen-bond donors (Lipinski definition) is 0. The molecule has 0 aliphatic carbocycles. The van der Waals surface area contributed by atoms with Gasteiger partial charge in [-0.1, -0.05) is 44.2 Å². The Morgan fingerprint density at radius 1 is 1.07 bits per heavy atom. The molecule has 0 aliphatic rings. The van der Waals surface area contributed by atoms with Crippen molar-refractivity contribution in [2.45, 2.75) is 26.7 Å². The van der Waals surface area contributed by atoms with Gasteiger partial charge in [-0.2, -0.15) is 0 Å². The highest BCUT2D eigenvalue weighted by Crippen LogP contribution is 2.26. The summed E-state index contributed by atoms with van der Waals surface area (Å²) in [6.07, 6.45) is 0. The minimum atomic E-state index is 0.605. The van der Waals surface area contributed by atoms with Crippen molar-refractivity contribution >= 4 is 33.4 Å². The maximum atomic E-state index is 2.43. The summed E-state index contributed by atoms with van der Waals surface area (Å²) in [5.41, 5.74) is 2.78. The van der Waals surface area contributed by atoms with Gasteiger partial charge in [0.15, 0.2) is 0 Å². The number of benzene rings is 2. The van der Waals surface area contributed by atoms with Crippen molar-refractivity contribution in [1.29, 1.82) is 0 Å². The first kappa shape index (κ1) is 10.9. The molecular weight excluding hydrogens is 295 g/mol. The molecule has 0 aliphatic heterocycles. The molecule has 0 unspecified atom stereocenters. The van der Waals surface area contributed by atoms with E-state index in [9.17, 15) is 0 Å². The molecule has 0 spiro atoms. The fourth-order valence-corrected chi connectivity index (χ4v) is 2.45. The van der Waals surface area contributed by atoms with Crippen LogP contribution in [0.25, 0.3) is 10.8 Å². The third-order valence-electron chi connectivity index (χ3n) is 2.84. The van der Waals surface area contributed by atoms with Gasteiger partial charge < -0.3 is 0 Å². The SMILES string of the molecule is Cc1ccc2cc(C(C)C)ccc2c1I. The third-order valence-corrected chi connectivity index (χ3v) is 4.27. The molecule has 2 rings (SSSR count). The number of hydrogen-bond acceptors (Lipinski definition) is 0. The van der Waals surface area contributed by atoms with Gasteiger partial charge in [-0.05, 0) is 57.3 Å². The summed E-state index contributed by atoms with van der Waals surface area (Å²) in [7, 11) is 0. The molecule has 0 saturated carbocycles. The normalized spacial score (nSPS) is 11.3. The van der Waals surface area contributed by atoms with Crippen LogP contribution in [0.5, 0.6) is 0 Å². The minimum Gasteiger partial charge on any atom is -0.0587 e. The predicted molar refractivity (Wildman–Crippen MR) is 75.5 cm³/mol. The van der Waals surface area contributed by atoms with Gasteiger partial charge in [-0.3, -0.25) is 0 Å². The van der Waals surface area contributed by atoms with Gasteiger partial charge in [0, 0.05) is 3.57 Å². The maximum Gasteiger partial charge on any atom is 0.0238 e. The van der Waals surface area contributed by atoms with Crippen molar-refractivity contribution < 1.29 is 0 Å². The molecule has 0 saturated heterocycles. The van der Waals surface area contributed by atoms with E-state index in [4.69, 9.17) is 0 Å². The van der Waals surface area contributed by atoms with Crippen LogP contribution < -0.4 is 0 Å². The predicted octanol–water partition coefficient (Wildman–Crippen LogP) is 4.88. The second-order valence-electron chi connectivity index (χ2n) is 4.33. The van der Waals surface area contributed by atoms with Gasteiger partial charge in [0.2, 0.25) is 0 Å². The summed E-state index contributed by atoms with van der Waals surface area (Å²) < 4.78 is 1.38. The van der Waals surface area contributed by atoms with Crippen LogP contribution in [0.2, 0.25) is 0 Å². The molecule has 0 amide bonds. The van der Waals surface area contributed by atoms with Crippen LogP contribution in [0.4, 0.5) is 0 Å². The van der Waals surface area contributed by atoms with Gasteiger partial charge in [-0.25, -0.2) is 0 Å². The average molecular weight is 310 g/mol. The molecule has 0 N–H and O–H groups in total. The first-order chi connectivity index (χ1) is 7.09. The molecule has 2 aromatic carbocycles. The van der Waals surface area contributed by atoms with E-state index >= 15 is 0 Å². The van der Waals surface area contributed by atoms with E-state index in [1.54, 1.807) is 0 Å². The Morgan fingerprint density at radius 2 is 1.80 bits per heavy atom. The van der Waals surface area contributed by atoms with Gasteiger partial charge >= 0.3 is 0 Å². The maximum absolute atomic E-state index is 2.43. The molecule has 0 bridgehead atoms. The van der Waals surface area contributed by atoms with E-state index in [-0.39, 0.29) is 0 Å². The largest absolute Gasteiger partial charge is 0.0587 e. The monoisotopic (exact) mass is 310 g/mol. The van der Waals surface area contributed by atoms with Crippen LogP contribution in [0.1, 0.15) is 30.9 Å². The van der Waals surface area contributed by atoms with Crippen molar-refractivity contribution in [2.24, 2.45) is 0 Å². The van der Waals surface area contributed by atoms with E-state index in [1.807, 2.05) is 0 Å². The summed E-state index contributed by atoms with van der Waals surface area (Å²) in [4.78, 5) is 0. The Balaban J connectivity index is 2.70. The van der Waals surface area contributed by atoms with E-state index in [0.717, 1.165) is 0 Å². The highest BCUT2D eigenvalue weighted by molar-refractivity contribution is 14.1. The molecule has 0 atom stereocenters. The highest BCUT2D eigenvalue weighted by Gasteiger charge is 2.04. The summed E-state index contributed by atoms with van der Waals surface area (Å²) in [6.45, 7) is 6.64. The molecule has 0 heterocycles. The summed E-state index contributed by atoms with van der Waals surface area (Å²) >= 11 is 2.43. The van der Waals surface area contributed by atoms with Gasteiger partial charge in [0.1, 0.15) is 0 Å². The average Bonchev–Trinajstić information content (AvgIpc) is 2.23. The molecule has 2 aromatic rings. The Hall–Kier alpha value is -0.570. The molecule has 15 heavy (non-hydrogen) atoms. The first-order valence-corrected chi connectivity index (χ1v) is 6.36. The smallest absolute Gasteiger partial charge is 0.0238 e. The van der Waals surface area contributed by atoms with E-state index in [1.165, 1.54) is 25.5 Å². The molecule has 0 fully saturated rings. The van der Waals surface area contributed by atoms with Crippen LogP contribution in [-0.2, 0) is 0 Å². The fraction of sp³-hybridized carbons (Fsp3) is 0.286. The topological polar surface area (TPSA) is 0 Å². The lowest BCUT2D eigenvalue weighted by Gasteiger charge is -2.09. The Bertz CT molecular complexity index is 498. The van der Waals surface area contributed by atoms with Gasteiger partial charge in [-0.15, -0.1) is 0 Å². The lowest BCUT2D eigenvalue weighted by Crippen LogP contribution is -1.89.